The Balaban J connectivity index is 2.64. The van der Waals surface area contributed by atoms with Crippen molar-refractivity contribution in [3.8, 4) is 0 Å². The Morgan fingerprint density at radius 2 is 1.86 bits per heavy atom. The van der Waals surface area contributed by atoms with Gasteiger partial charge in [0.05, 0.1) is 18.2 Å². The van der Waals surface area contributed by atoms with Crippen molar-refractivity contribution in [1.29, 1.82) is 0 Å². The highest BCUT2D eigenvalue weighted by Gasteiger charge is 2.20. The van der Waals surface area contributed by atoms with E-state index in [1.807, 2.05) is 27.7 Å². The van der Waals surface area contributed by atoms with Gasteiger partial charge in [-0.15, -0.1) is 0 Å². The number of nitrogens with zero attached hydrogens (tertiary/aromatic N) is 2. The van der Waals surface area contributed by atoms with Gasteiger partial charge in [-0.1, -0.05) is 0 Å². The molecule has 0 aliphatic rings. The van der Waals surface area contributed by atoms with Crippen LogP contribution in [-0.4, -0.2) is 34.5 Å². The van der Waals surface area contributed by atoms with E-state index in [1.54, 1.807) is 24.8 Å². The van der Waals surface area contributed by atoms with Gasteiger partial charge in [0.2, 0.25) is 5.91 Å². The predicted molar refractivity (Wildman–Crippen MR) is 85.8 cm³/mol. The van der Waals surface area contributed by atoms with Crippen molar-refractivity contribution in [3.63, 3.8) is 0 Å². The normalized spacial score (nSPS) is 11.9. The van der Waals surface area contributed by atoms with Gasteiger partial charge in [0.25, 0.3) is 5.91 Å². The van der Waals surface area contributed by atoms with Crippen LogP contribution in [0.15, 0.2) is 21.8 Å². The van der Waals surface area contributed by atoms with Crippen LogP contribution in [0.4, 0.5) is 0 Å². The van der Waals surface area contributed by atoms with E-state index in [2.05, 4.69) is 10.5 Å². The van der Waals surface area contributed by atoms with E-state index in [-0.39, 0.29) is 30.3 Å². The Hall–Kier alpha value is -2.11. The average molecular weight is 307 g/mol. The van der Waals surface area contributed by atoms with Crippen LogP contribution in [0.5, 0.6) is 0 Å². The molecule has 122 valence electrons. The SMILES string of the molecule is C/C(CC(=O)N(C(C)C)C(C)C)=N\NC(=O)c1ccoc1C. The minimum Gasteiger partial charge on any atom is -0.469 e. The lowest BCUT2D eigenvalue weighted by Gasteiger charge is -2.30. The van der Waals surface area contributed by atoms with Crippen LogP contribution >= 0.6 is 0 Å². The first kappa shape index (κ1) is 17.9. The molecule has 0 saturated heterocycles. The number of hydrogen-bond acceptors (Lipinski definition) is 4. The highest BCUT2D eigenvalue weighted by atomic mass is 16.3. The van der Waals surface area contributed by atoms with Crippen LogP contribution in [-0.2, 0) is 4.79 Å². The topological polar surface area (TPSA) is 74.9 Å². The number of hydrogen-bond donors (Lipinski definition) is 1. The molecule has 1 aromatic rings. The van der Waals surface area contributed by atoms with Gasteiger partial charge in [0.1, 0.15) is 5.76 Å². The third kappa shape index (κ3) is 4.72. The zero-order valence-electron chi connectivity index (χ0n) is 14.1. The van der Waals surface area contributed by atoms with E-state index in [9.17, 15) is 9.59 Å². The number of nitrogens with one attached hydrogen (secondary N) is 1. The Bertz CT molecular complexity index is 551. The molecule has 0 radical (unpaired) electrons. The zero-order chi connectivity index (χ0) is 16.9. The minimum atomic E-state index is -0.345. The maximum absolute atomic E-state index is 12.3. The molecular weight excluding hydrogens is 282 g/mol. The van der Waals surface area contributed by atoms with Crippen molar-refractivity contribution in [3.05, 3.63) is 23.7 Å². The van der Waals surface area contributed by atoms with Gasteiger partial charge in [0, 0.05) is 17.8 Å². The molecule has 0 unspecified atom stereocenters. The van der Waals surface area contributed by atoms with Gasteiger partial charge >= 0.3 is 0 Å². The van der Waals surface area contributed by atoms with Gasteiger partial charge < -0.3 is 9.32 Å². The number of carbonyl (C=O) groups excluding carboxylic acids is 2. The number of carbonyl (C=O) groups is 2. The molecule has 0 fully saturated rings. The fourth-order valence-corrected chi connectivity index (χ4v) is 2.35. The Kier molecular flexibility index (Phi) is 6.34. The van der Waals surface area contributed by atoms with Crippen LogP contribution in [0.3, 0.4) is 0 Å². The summed E-state index contributed by atoms with van der Waals surface area (Å²) in [7, 11) is 0. The molecule has 0 aliphatic carbocycles. The third-order valence-corrected chi connectivity index (χ3v) is 3.26. The van der Waals surface area contributed by atoms with Gasteiger partial charge in [-0.2, -0.15) is 5.10 Å². The van der Waals surface area contributed by atoms with Crippen molar-refractivity contribution in [1.82, 2.24) is 10.3 Å². The first-order valence-corrected chi connectivity index (χ1v) is 7.42. The lowest BCUT2D eigenvalue weighted by Crippen LogP contribution is -2.42. The molecule has 0 saturated carbocycles. The average Bonchev–Trinajstić information content (AvgIpc) is 2.81. The molecule has 0 atom stereocenters. The summed E-state index contributed by atoms with van der Waals surface area (Å²) in [5, 5.41) is 3.99. The van der Waals surface area contributed by atoms with Crippen LogP contribution in [0.1, 0.15) is 57.2 Å². The summed E-state index contributed by atoms with van der Waals surface area (Å²) < 4.78 is 5.07. The van der Waals surface area contributed by atoms with Gasteiger partial charge in [-0.3, -0.25) is 9.59 Å². The van der Waals surface area contributed by atoms with E-state index in [0.717, 1.165) is 0 Å². The van der Waals surface area contributed by atoms with Crippen LogP contribution in [0.2, 0.25) is 0 Å². The largest absolute Gasteiger partial charge is 0.469 e. The molecule has 6 nitrogen and oxygen atoms in total. The Morgan fingerprint density at radius 3 is 2.32 bits per heavy atom. The minimum absolute atomic E-state index is 0.00000866. The predicted octanol–water partition coefficient (Wildman–Crippen LogP) is 2.73. The number of rotatable bonds is 6. The summed E-state index contributed by atoms with van der Waals surface area (Å²) in [4.78, 5) is 26.0. The van der Waals surface area contributed by atoms with Gasteiger partial charge in [-0.05, 0) is 47.6 Å². The van der Waals surface area contributed by atoms with Crippen LogP contribution in [0, 0.1) is 6.92 Å². The zero-order valence-corrected chi connectivity index (χ0v) is 14.1. The lowest BCUT2D eigenvalue weighted by atomic mass is 10.2. The number of aryl methyl sites for hydroxylation is 1. The quantitative estimate of drug-likeness (QED) is 0.648. The van der Waals surface area contributed by atoms with Crippen LogP contribution < -0.4 is 5.43 Å². The van der Waals surface area contributed by atoms with E-state index < -0.39 is 0 Å². The standard InChI is InChI=1S/C16H25N3O3/c1-10(2)19(11(3)4)15(20)9-12(5)17-18-16(21)14-7-8-22-13(14)6/h7-8,10-11H,9H2,1-6H3,(H,18,21)/b17-12+. The fraction of sp³-hybridized carbons (Fsp3) is 0.562. The molecule has 1 N–H and O–H groups in total. The molecule has 0 spiro atoms. The molecule has 0 aliphatic heterocycles. The maximum atomic E-state index is 12.3. The molecule has 22 heavy (non-hydrogen) atoms. The lowest BCUT2D eigenvalue weighted by molar-refractivity contribution is -0.133. The summed E-state index contributed by atoms with van der Waals surface area (Å²) in [6.07, 6.45) is 1.63. The molecule has 6 heteroatoms. The van der Waals surface area contributed by atoms with Crippen molar-refractivity contribution in [2.24, 2.45) is 5.10 Å². The Morgan fingerprint density at radius 1 is 1.27 bits per heavy atom. The monoisotopic (exact) mass is 307 g/mol. The van der Waals surface area contributed by atoms with Gasteiger partial charge in [0.15, 0.2) is 0 Å². The summed E-state index contributed by atoms with van der Waals surface area (Å²) in [6, 6.07) is 1.84. The molecule has 1 heterocycles. The number of hydrazone groups is 1. The molecule has 1 aromatic heterocycles. The second-order valence-electron chi connectivity index (χ2n) is 5.84. The van der Waals surface area contributed by atoms with Crippen LogP contribution in [0.25, 0.3) is 0 Å². The first-order valence-electron chi connectivity index (χ1n) is 7.42. The van der Waals surface area contributed by atoms with Crippen molar-refractivity contribution < 1.29 is 14.0 Å². The molecule has 2 amide bonds. The summed E-state index contributed by atoms with van der Waals surface area (Å²) in [6.45, 7) is 11.3. The van der Waals surface area contributed by atoms with E-state index in [0.29, 0.717) is 17.0 Å². The third-order valence-electron chi connectivity index (χ3n) is 3.26. The Labute approximate surface area is 131 Å². The highest BCUT2D eigenvalue weighted by molar-refractivity contribution is 6.01. The summed E-state index contributed by atoms with van der Waals surface area (Å²) in [5.74, 6) is 0.190. The molecule has 0 bridgehead atoms. The smallest absolute Gasteiger partial charge is 0.274 e. The second-order valence-corrected chi connectivity index (χ2v) is 5.84. The summed E-state index contributed by atoms with van der Waals surface area (Å²) >= 11 is 0. The van der Waals surface area contributed by atoms with Crippen molar-refractivity contribution in [2.75, 3.05) is 0 Å². The second kappa shape index (κ2) is 7.77. The van der Waals surface area contributed by atoms with Crippen molar-refractivity contribution in [2.45, 2.75) is 60.0 Å². The van der Waals surface area contributed by atoms with Gasteiger partial charge in [-0.25, -0.2) is 5.43 Å². The van der Waals surface area contributed by atoms with E-state index in [1.165, 1.54) is 6.26 Å². The molecular formula is C16H25N3O3. The number of furan rings is 1. The molecule has 1 rings (SSSR count). The summed E-state index contributed by atoms with van der Waals surface area (Å²) in [5.41, 5.74) is 3.45. The highest BCUT2D eigenvalue weighted by Crippen LogP contribution is 2.09. The fourth-order valence-electron chi connectivity index (χ4n) is 2.35. The van der Waals surface area contributed by atoms with Crippen molar-refractivity contribution >= 4 is 17.5 Å². The maximum Gasteiger partial charge on any atom is 0.274 e. The molecule has 0 aromatic carbocycles. The van der Waals surface area contributed by atoms with E-state index >= 15 is 0 Å². The van der Waals surface area contributed by atoms with E-state index in [4.69, 9.17) is 4.42 Å². The number of amides is 2. The first-order chi connectivity index (χ1) is 10.2.